The van der Waals surface area contributed by atoms with E-state index in [9.17, 15) is 8.78 Å². The van der Waals surface area contributed by atoms with Gasteiger partial charge in [-0.2, -0.15) is 8.78 Å². The molecule has 0 saturated carbocycles. The van der Waals surface area contributed by atoms with E-state index in [0.29, 0.717) is 19.0 Å². The molecule has 166 valence electrons. The monoisotopic (exact) mass is 431 g/mol. The standard InChI is InChI=1S/C22H27F2N5O2/c1-15-28-17-7-4-5-8-18(17)29(15)12-6-11-26-22(25-2)27-14-16-9-10-19(30-3)20(13-16)31-21(23)24/h4-5,7-10,13,21H,6,11-12,14H2,1-3H3,(H2,25,26,27). The zero-order chi connectivity index (χ0) is 22.2. The molecule has 0 saturated heterocycles. The number of nitrogens with one attached hydrogen (secondary N) is 2. The van der Waals surface area contributed by atoms with Crippen molar-refractivity contribution in [3.63, 3.8) is 0 Å². The van der Waals surface area contributed by atoms with Gasteiger partial charge in [0.25, 0.3) is 0 Å². The first-order valence-electron chi connectivity index (χ1n) is 10.00. The summed E-state index contributed by atoms with van der Waals surface area (Å²) in [5.41, 5.74) is 2.89. The van der Waals surface area contributed by atoms with Crippen LogP contribution in [0, 0.1) is 6.92 Å². The van der Waals surface area contributed by atoms with E-state index in [1.54, 1.807) is 19.2 Å². The number of fused-ring (bicyclic) bond motifs is 1. The van der Waals surface area contributed by atoms with Crippen LogP contribution in [0.5, 0.6) is 11.5 Å². The molecule has 2 N–H and O–H groups in total. The van der Waals surface area contributed by atoms with Crippen molar-refractivity contribution in [2.24, 2.45) is 4.99 Å². The van der Waals surface area contributed by atoms with Crippen LogP contribution in [0.4, 0.5) is 8.78 Å². The predicted molar refractivity (Wildman–Crippen MR) is 117 cm³/mol. The van der Waals surface area contributed by atoms with Gasteiger partial charge in [-0.25, -0.2) is 4.98 Å². The Hall–Kier alpha value is -3.36. The quantitative estimate of drug-likeness (QED) is 0.307. The molecule has 1 aromatic heterocycles. The number of hydrogen-bond donors (Lipinski definition) is 2. The number of ether oxygens (including phenoxy) is 2. The smallest absolute Gasteiger partial charge is 0.387 e. The maximum absolute atomic E-state index is 12.6. The van der Waals surface area contributed by atoms with Crippen molar-refractivity contribution in [2.75, 3.05) is 20.7 Å². The molecular formula is C22H27F2N5O2. The van der Waals surface area contributed by atoms with Crippen molar-refractivity contribution in [2.45, 2.75) is 33.0 Å². The Morgan fingerprint density at radius 1 is 1.16 bits per heavy atom. The Morgan fingerprint density at radius 3 is 2.71 bits per heavy atom. The number of alkyl halides is 2. The molecule has 2 aromatic carbocycles. The highest BCUT2D eigenvalue weighted by atomic mass is 19.3. The Kier molecular flexibility index (Phi) is 7.64. The van der Waals surface area contributed by atoms with Gasteiger partial charge in [0.2, 0.25) is 0 Å². The highest BCUT2D eigenvalue weighted by molar-refractivity contribution is 5.79. The number of aromatic nitrogens is 2. The van der Waals surface area contributed by atoms with Crippen LogP contribution >= 0.6 is 0 Å². The van der Waals surface area contributed by atoms with Crippen molar-refractivity contribution in [3.8, 4) is 11.5 Å². The summed E-state index contributed by atoms with van der Waals surface area (Å²) in [5.74, 6) is 1.88. The molecule has 0 atom stereocenters. The first-order valence-corrected chi connectivity index (χ1v) is 10.00. The lowest BCUT2D eigenvalue weighted by Gasteiger charge is -2.14. The fraction of sp³-hybridized carbons (Fsp3) is 0.364. The lowest BCUT2D eigenvalue weighted by molar-refractivity contribution is -0.0512. The fourth-order valence-corrected chi connectivity index (χ4v) is 3.35. The summed E-state index contributed by atoms with van der Waals surface area (Å²) in [6.45, 7) is 1.04. The molecule has 0 aliphatic rings. The zero-order valence-electron chi connectivity index (χ0n) is 17.9. The number of nitrogens with zero attached hydrogens (tertiary/aromatic N) is 3. The maximum atomic E-state index is 12.6. The molecule has 1 heterocycles. The van der Waals surface area contributed by atoms with Crippen LogP contribution in [-0.4, -0.2) is 42.8 Å². The second kappa shape index (κ2) is 10.6. The van der Waals surface area contributed by atoms with E-state index < -0.39 is 6.61 Å². The molecule has 7 nitrogen and oxygen atoms in total. The molecule has 0 spiro atoms. The number of imidazole rings is 1. The van der Waals surface area contributed by atoms with Gasteiger partial charge in [0, 0.05) is 26.7 Å². The van der Waals surface area contributed by atoms with Gasteiger partial charge in [0.05, 0.1) is 18.1 Å². The summed E-state index contributed by atoms with van der Waals surface area (Å²) in [6, 6.07) is 13.0. The number of rotatable bonds is 9. The fourth-order valence-electron chi connectivity index (χ4n) is 3.35. The largest absolute Gasteiger partial charge is 0.493 e. The van der Waals surface area contributed by atoms with E-state index in [1.165, 1.54) is 13.2 Å². The van der Waals surface area contributed by atoms with Crippen LogP contribution < -0.4 is 20.1 Å². The summed E-state index contributed by atoms with van der Waals surface area (Å²) in [4.78, 5) is 8.79. The molecule has 0 amide bonds. The minimum atomic E-state index is -2.91. The number of halogens is 2. The van der Waals surface area contributed by atoms with E-state index in [0.717, 1.165) is 35.4 Å². The lowest BCUT2D eigenvalue weighted by atomic mass is 10.2. The molecule has 0 unspecified atom stereocenters. The topological polar surface area (TPSA) is 72.7 Å². The average molecular weight is 431 g/mol. The van der Waals surface area contributed by atoms with Crippen LogP contribution in [0.15, 0.2) is 47.5 Å². The third-order valence-corrected chi connectivity index (χ3v) is 4.82. The van der Waals surface area contributed by atoms with E-state index in [4.69, 9.17) is 4.74 Å². The molecule has 0 aliphatic heterocycles. The normalized spacial score (nSPS) is 11.7. The van der Waals surface area contributed by atoms with Crippen LogP contribution in [0.1, 0.15) is 17.8 Å². The third-order valence-electron chi connectivity index (χ3n) is 4.82. The predicted octanol–water partition coefficient (Wildman–Crippen LogP) is 3.71. The van der Waals surface area contributed by atoms with Gasteiger partial charge in [-0.05, 0) is 43.2 Å². The third kappa shape index (κ3) is 5.84. The molecule has 0 bridgehead atoms. The zero-order valence-corrected chi connectivity index (χ0v) is 17.9. The molecule has 0 fully saturated rings. The summed E-state index contributed by atoms with van der Waals surface area (Å²) in [6.07, 6.45) is 0.886. The molecule has 9 heteroatoms. The number of aryl methyl sites for hydroxylation is 2. The van der Waals surface area contributed by atoms with Crippen molar-refractivity contribution in [1.29, 1.82) is 0 Å². The number of methoxy groups -OCH3 is 1. The van der Waals surface area contributed by atoms with E-state index in [1.807, 2.05) is 25.1 Å². The molecule has 3 aromatic rings. The van der Waals surface area contributed by atoms with Crippen molar-refractivity contribution >= 4 is 17.0 Å². The van der Waals surface area contributed by atoms with Crippen LogP contribution in [-0.2, 0) is 13.1 Å². The van der Waals surface area contributed by atoms with Gasteiger partial charge in [-0.1, -0.05) is 18.2 Å². The number of aliphatic imine (C=N–C) groups is 1. The van der Waals surface area contributed by atoms with Gasteiger partial charge >= 0.3 is 6.61 Å². The molecular weight excluding hydrogens is 404 g/mol. The van der Waals surface area contributed by atoms with Gasteiger partial charge in [-0.15, -0.1) is 0 Å². The Bertz CT molecular complexity index is 1040. The van der Waals surface area contributed by atoms with Crippen molar-refractivity contribution in [3.05, 3.63) is 53.9 Å². The van der Waals surface area contributed by atoms with Crippen molar-refractivity contribution < 1.29 is 18.3 Å². The SMILES string of the molecule is CN=C(NCCCn1c(C)nc2ccccc21)NCc1ccc(OC)c(OC(F)F)c1. The van der Waals surface area contributed by atoms with Gasteiger partial charge in [-0.3, -0.25) is 4.99 Å². The minimum Gasteiger partial charge on any atom is -0.493 e. The summed E-state index contributed by atoms with van der Waals surface area (Å²) >= 11 is 0. The van der Waals surface area contributed by atoms with Crippen LogP contribution in [0.3, 0.4) is 0 Å². The number of para-hydroxylation sites is 2. The Labute approximate surface area is 180 Å². The first-order chi connectivity index (χ1) is 15.0. The van der Waals surface area contributed by atoms with E-state index in [2.05, 4.69) is 36.0 Å². The average Bonchev–Trinajstić information content (AvgIpc) is 3.08. The Morgan fingerprint density at radius 2 is 1.97 bits per heavy atom. The van der Waals surface area contributed by atoms with Crippen LogP contribution in [0.2, 0.25) is 0 Å². The van der Waals surface area contributed by atoms with Gasteiger partial charge in [0.1, 0.15) is 5.82 Å². The van der Waals surface area contributed by atoms with Gasteiger partial charge in [0.15, 0.2) is 17.5 Å². The molecule has 31 heavy (non-hydrogen) atoms. The number of guanidine groups is 1. The number of benzene rings is 2. The summed E-state index contributed by atoms with van der Waals surface area (Å²) in [7, 11) is 3.09. The summed E-state index contributed by atoms with van der Waals surface area (Å²) < 4.78 is 37.0. The van der Waals surface area contributed by atoms with Crippen LogP contribution in [0.25, 0.3) is 11.0 Å². The first kappa shape index (κ1) is 22.3. The highest BCUT2D eigenvalue weighted by Gasteiger charge is 2.11. The highest BCUT2D eigenvalue weighted by Crippen LogP contribution is 2.29. The number of hydrogen-bond acceptors (Lipinski definition) is 4. The minimum absolute atomic E-state index is 0.00248. The molecule has 0 radical (unpaired) electrons. The maximum Gasteiger partial charge on any atom is 0.387 e. The summed E-state index contributed by atoms with van der Waals surface area (Å²) in [5, 5.41) is 6.44. The second-order valence-electron chi connectivity index (χ2n) is 6.87. The van der Waals surface area contributed by atoms with E-state index >= 15 is 0 Å². The molecule has 3 rings (SSSR count). The lowest BCUT2D eigenvalue weighted by Crippen LogP contribution is -2.37. The Balaban J connectivity index is 1.50. The second-order valence-corrected chi connectivity index (χ2v) is 6.87. The van der Waals surface area contributed by atoms with Gasteiger partial charge < -0.3 is 24.7 Å². The van der Waals surface area contributed by atoms with Crippen molar-refractivity contribution in [1.82, 2.24) is 20.2 Å². The van der Waals surface area contributed by atoms with E-state index in [-0.39, 0.29) is 11.5 Å². The molecule has 0 aliphatic carbocycles.